The van der Waals surface area contributed by atoms with Crippen LogP contribution in [0.3, 0.4) is 0 Å². The summed E-state index contributed by atoms with van der Waals surface area (Å²) >= 11 is 0. The van der Waals surface area contributed by atoms with Crippen LogP contribution in [0.2, 0.25) is 0 Å². The molecule has 0 bridgehead atoms. The van der Waals surface area contributed by atoms with Gasteiger partial charge in [-0.1, -0.05) is 6.08 Å². The molecule has 0 aliphatic carbocycles. The Hall–Kier alpha value is -3.16. The number of nitrogens with zero attached hydrogens (tertiary/aromatic N) is 1. The van der Waals surface area contributed by atoms with E-state index in [4.69, 9.17) is 9.47 Å². The summed E-state index contributed by atoms with van der Waals surface area (Å²) in [6, 6.07) is 2.47. The third-order valence-electron chi connectivity index (χ3n) is 3.48. The molecule has 0 radical (unpaired) electrons. The minimum absolute atomic E-state index is 0.156. The lowest BCUT2D eigenvalue weighted by molar-refractivity contribution is -0.139. The van der Waals surface area contributed by atoms with Crippen molar-refractivity contribution in [2.75, 3.05) is 25.7 Å². The Bertz CT molecular complexity index is 814. The predicted molar refractivity (Wildman–Crippen MR) is 89.3 cm³/mol. The van der Waals surface area contributed by atoms with Crippen LogP contribution < -0.4 is 9.64 Å². The maximum atomic E-state index is 14.6. The molecule has 0 fully saturated rings. The molecule has 0 aromatic heterocycles. The van der Waals surface area contributed by atoms with Gasteiger partial charge in [0.2, 0.25) is 5.82 Å². The standard InChI is InChI=1S/C18H17F2NO5/c1-4-26-13-9-8-12(14(19)15(13)20)21-10-6-5-7-11(17(22)24-2)16(21)18(23)25-3/h5-10H,4H2,1-3H3. The number of carbonyl (C=O) groups excluding carboxylic acids is 2. The van der Waals surface area contributed by atoms with E-state index in [1.807, 2.05) is 0 Å². The smallest absolute Gasteiger partial charge is 0.355 e. The van der Waals surface area contributed by atoms with Gasteiger partial charge in [0.05, 0.1) is 32.1 Å². The van der Waals surface area contributed by atoms with Crippen molar-refractivity contribution >= 4 is 17.6 Å². The van der Waals surface area contributed by atoms with Gasteiger partial charge >= 0.3 is 11.9 Å². The van der Waals surface area contributed by atoms with E-state index >= 15 is 0 Å². The number of rotatable bonds is 5. The molecule has 26 heavy (non-hydrogen) atoms. The van der Waals surface area contributed by atoms with Crippen LogP contribution in [0.5, 0.6) is 5.75 Å². The fourth-order valence-corrected chi connectivity index (χ4v) is 2.33. The second kappa shape index (κ2) is 8.28. The van der Waals surface area contributed by atoms with Crippen molar-refractivity contribution in [1.29, 1.82) is 0 Å². The summed E-state index contributed by atoms with van der Waals surface area (Å²) < 4.78 is 43.2. The molecule has 0 atom stereocenters. The normalized spacial score (nSPS) is 13.5. The van der Waals surface area contributed by atoms with Crippen molar-refractivity contribution < 1.29 is 32.6 Å². The number of hydrogen-bond acceptors (Lipinski definition) is 6. The number of benzene rings is 1. The average Bonchev–Trinajstić information content (AvgIpc) is 2.87. The molecule has 1 aromatic rings. The van der Waals surface area contributed by atoms with Crippen LogP contribution in [0, 0.1) is 11.6 Å². The molecule has 8 heteroatoms. The summed E-state index contributed by atoms with van der Waals surface area (Å²) in [5.74, 6) is -4.47. The number of allylic oxidation sites excluding steroid dienone is 2. The Morgan fingerprint density at radius 3 is 2.35 bits per heavy atom. The van der Waals surface area contributed by atoms with Gasteiger partial charge in [-0.2, -0.15) is 4.39 Å². The Balaban J connectivity index is 2.68. The predicted octanol–water partition coefficient (Wildman–Crippen LogP) is 2.85. The van der Waals surface area contributed by atoms with E-state index in [0.717, 1.165) is 19.1 Å². The van der Waals surface area contributed by atoms with Gasteiger partial charge in [0.15, 0.2) is 11.6 Å². The van der Waals surface area contributed by atoms with Gasteiger partial charge in [0, 0.05) is 6.20 Å². The van der Waals surface area contributed by atoms with Crippen molar-refractivity contribution in [2.45, 2.75) is 6.92 Å². The van der Waals surface area contributed by atoms with E-state index in [1.54, 1.807) is 6.92 Å². The molecule has 0 saturated carbocycles. The van der Waals surface area contributed by atoms with Crippen molar-refractivity contribution in [3.8, 4) is 5.75 Å². The Morgan fingerprint density at radius 1 is 1.04 bits per heavy atom. The average molecular weight is 365 g/mol. The van der Waals surface area contributed by atoms with E-state index < -0.39 is 23.6 Å². The van der Waals surface area contributed by atoms with E-state index in [-0.39, 0.29) is 29.3 Å². The molecule has 0 unspecified atom stereocenters. The number of methoxy groups -OCH3 is 2. The first-order valence-corrected chi connectivity index (χ1v) is 7.62. The quantitative estimate of drug-likeness (QED) is 0.748. The summed E-state index contributed by atoms with van der Waals surface area (Å²) in [5, 5.41) is 0. The number of hydrogen-bond donors (Lipinski definition) is 0. The first kappa shape index (κ1) is 19.2. The molecular formula is C18H17F2NO5. The maximum Gasteiger partial charge on any atom is 0.355 e. The van der Waals surface area contributed by atoms with Crippen LogP contribution in [0.25, 0.3) is 0 Å². The summed E-state index contributed by atoms with van der Waals surface area (Å²) in [7, 11) is 2.24. The minimum atomic E-state index is -1.24. The second-order valence-electron chi connectivity index (χ2n) is 4.96. The van der Waals surface area contributed by atoms with Gasteiger partial charge < -0.3 is 19.1 Å². The summed E-state index contributed by atoms with van der Waals surface area (Å²) in [4.78, 5) is 25.3. The summed E-state index contributed by atoms with van der Waals surface area (Å²) in [5.41, 5.74) is -0.780. The Kier molecular flexibility index (Phi) is 6.11. The zero-order chi connectivity index (χ0) is 19.3. The van der Waals surface area contributed by atoms with E-state index in [0.29, 0.717) is 0 Å². The number of anilines is 1. The van der Waals surface area contributed by atoms with Crippen LogP contribution in [0.1, 0.15) is 6.92 Å². The zero-order valence-electron chi connectivity index (χ0n) is 14.4. The molecule has 138 valence electrons. The van der Waals surface area contributed by atoms with Gasteiger partial charge in [-0.25, -0.2) is 14.0 Å². The number of carbonyl (C=O) groups is 2. The highest BCUT2D eigenvalue weighted by Crippen LogP contribution is 2.33. The van der Waals surface area contributed by atoms with Crippen molar-refractivity contribution in [2.24, 2.45) is 0 Å². The first-order chi connectivity index (χ1) is 12.5. The highest BCUT2D eigenvalue weighted by atomic mass is 19.2. The van der Waals surface area contributed by atoms with Crippen LogP contribution in [-0.2, 0) is 19.1 Å². The van der Waals surface area contributed by atoms with Gasteiger partial charge in [0.1, 0.15) is 5.70 Å². The lowest BCUT2D eigenvalue weighted by Gasteiger charge is -2.24. The SMILES string of the molecule is CCOc1ccc(N2C=CC=CC(C(=O)OC)=C2C(=O)OC)c(F)c1F. The number of ether oxygens (including phenoxy) is 3. The third kappa shape index (κ3) is 3.58. The second-order valence-corrected chi connectivity index (χ2v) is 4.96. The molecule has 0 N–H and O–H groups in total. The highest BCUT2D eigenvalue weighted by Gasteiger charge is 2.30. The zero-order valence-corrected chi connectivity index (χ0v) is 14.4. The topological polar surface area (TPSA) is 65.1 Å². The molecule has 1 aliphatic heterocycles. The molecule has 1 heterocycles. The monoisotopic (exact) mass is 365 g/mol. The largest absolute Gasteiger partial charge is 0.491 e. The van der Waals surface area contributed by atoms with E-state index in [9.17, 15) is 18.4 Å². The van der Waals surface area contributed by atoms with Gasteiger partial charge in [-0.3, -0.25) is 0 Å². The number of esters is 2. The number of halogens is 2. The van der Waals surface area contributed by atoms with Crippen molar-refractivity contribution in [1.82, 2.24) is 0 Å². The van der Waals surface area contributed by atoms with Crippen LogP contribution in [0.4, 0.5) is 14.5 Å². The minimum Gasteiger partial charge on any atom is -0.491 e. The summed E-state index contributed by atoms with van der Waals surface area (Å²) in [6.07, 6.45) is 5.53. The highest BCUT2D eigenvalue weighted by molar-refractivity contribution is 6.05. The molecule has 1 aromatic carbocycles. The van der Waals surface area contributed by atoms with Crippen LogP contribution in [0.15, 0.2) is 47.8 Å². The first-order valence-electron chi connectivity index (χ1n) is 7.62. The van der Waals surface area contributed by atoms with Crippen molar-refractivity contribution in [3.63, 3.8) is 0 Å². The Labute approximate surface area is 148 Å². The van der Waals surface area contributed by atoms with E-state index in [2.05, 4.69) is 4.74 Å². The molecular weight excluding hydrogens is 348 g/mol. The Morgan fingerprint density at radius 2 is 1.73 bits per heavy atom. The molecule has 6 nitrogen and oxygen atoms in total. The summed E-state index contributed by atoms with van der Waals surface area (Å²) in [6.45, 7) is 1.79. The molecule has 0 saturated heterocycles. The molecule has 1 aliphatic rings. The van der Waals surface area contributed by atoms with Crippen LogP contribution >= 0.6 is 0 Å². The fourth-order valence-electron chi connectivity index (χ4n) is 2.33. The third-order valence-corrected chi connectivity index (χ3v) is 3.48. The molecule has 0 amide bonds. The van der Waals surface area contributed by atoms with Crippen molar-refractivity contribution in [3.05, 3.63) is 59.5 Å². The lowest BCUT2D eigenvalue weighted by Crippen LogP contribution is -2.27. The maximum absolute atomic E-state index is 14.6. The molecule has 0 spiro atoms. The fraction of sp³-hybridized carbons (Fsp3) is 0.222. The van der Waals surface area contributed by atoms with Gasteiger partial charge in [0.25, 0.3) is 0 Å². The van der Waals surface area contributed by atoms with Gasteiger partial charge in [-0.05, 0) is 31.2 Å². The van der Waals surface area contributed by atoms with Crippen LogP contribution in [-0.4, -0.2) is 32.8 Å². The van der Waals surface area contributed by atoms with E-state index in [1.165, 1.54) is 36.6 Å². The lowest BCUT2D eigenvalue weighted by atomic mass is 10.1. The molecule has 2 rings (SSSR count). The van der Waals surface area contributed by atoms with Gasteiger partial charge in [-0.15, -0.1) is 0 Å².